The van der Waals surface area contributed by atoms with Crippen molar-refractivity contribution in [2.45, 2.75) is 31.9 Å². The van der Waals surface area contributed by atoms with Crippen LogP contribution in [0.15, 0.2) is 0 Å². The Hall–Kier alpha value is -0.610. The van der Waals surface area contributed by atoms with Gasteiger partial charge in [-0.3, -0.25) is 4.79 Å². The third kappa shape index (κ3) is 2.67. The maximum absolute atomic E-state index is 11.6. The molecule has 0 spiro atoms. The topological polar surface area (TPSA) is 55.6 Å². The van der Waals surface area contributed by atoms with Crippen LogP contribution in [0.3, 0.4) is 0 Å². The Morgan fingerprint density at radius 3 is 2.92 bits per heavy atom. The summed E-state index contributed by atoms with van der Waals surface area (Å²) < 4.78 is 4.97. The Kier molecular flexibility index (Phi) is 3.69. The lowest BCUT2D eigenvalue weighted by Gasteiger charge is -2.32. The molecule has 4 nitrogen and oxygen atoms in total. The zero-order valence-electron chi connectivity index (χ0n) is 8.32. The molecular formula is C9H18N2O2. The molecule has 1 saturated heterocycles. The zero-order valence-corrected chi connectivity index (χ0v) is 8.32. The summed E-state index contributed by atoms with van der Waals surface area (Å²) in [5.74, 6) is 0.0534. The Morgan fingerprint density at radius 1 is 1.69 bits per heavy atom. The first-order valence-electron chi connectivity index (χ1n) is 4.72. The molecule has 0 aromatic heterocycles. The number of amides is 1. The second-order valence-corrected chi connectivity index (χ2v) is 3.56. The fraction of sp³-hybridized carbons (Fsp3) is 0.889. The van der Waals surface area contributed by atoms with Crippen molar-refractivity contribution in [3.63, 3.8) is 0 Å². The summed E-state index contributed by atoms with van der Waals surface area (Å²) in [5.41, 5.74) is 5.77. The third-order valence-electron chi connectivity index (χ3n) is 2.47. The third-order valence-corrected chi connectivity index (χ3v) is 2.47. The lowest BCUT2D eigenvalue weighted by molar-refractivity contribution is -0.142. The Morgan fingerprint density at radius 2 is 2.38 bits per heavy atom. The van der Waals surface area contributed by atoms with Crippen LogP contribution < -0.4 is 5.73 Å². The van der Waals surface area contributed by atoms with Gasteiger partial charge in [-0.25, -0.2) is 0 Å². The molecule has 1 amide bonds. The summed E-state index contributed by atoms with van der Waals surface area (Å²) in [7, 11) is 1.55. The first-order valence-corrected chi connectivity index (χ1v) is 4.72. The van der Waals surface area contributed by atoms with E-state index in [1.54, 1.807) is 18.9 Å². The van der Waals surface area contributed by atoms with Crippen molar-refractivity contribution in [3.8, 4) is 0 Å². The number of carbonyl (C=O) groups excluding carboxylic acids is 1. The van der Waals surface area contributed by atoms with Crippen LogP contribution in [-0.2, 0) is 9.53 Å². The van der Waals surface area contributed by atoms with Gasteiger partial charge in [-0.15, -0.1) is 0 Å². The quantitative estimate of drug-likeness (QED) is 0.659. The predicted molar refractivity (Wildman–Crippen MR) is 50.3 cm³/mol. The fourth-order valence-electron chi connectivity index (χ4n) is 1.57. The van der Waals surface area contributed by atoms with E-state index in [2.05, 4.69) is 0 Å². The van der Waals surface area contributed by atoms with E-state index in [-0.39, 0.29) is 18.1 Å². The average molecular weight is 186 g/mol. The minimum Gasteiger partial charge on any atom is -0.372 e. The molecule has 13 heavy (non-hydrogen) atoms. The normalized spacial score (nSPS) is 25.8. The lowest BCUT2D eigenvalue weighted by atomic mass is 10.1. The number of hydrogen-bond acceptors (Lipinski definition) is 3. The summed E-state index contributed by atoms with van der Waals surface area (Å²) >= 11 is 0. The van der Waals surface area contributed by atoms with E-state index in [0.29, 0.717) is 6.54 Å². The van der Waals surface area contributed by atoms with Crippen molar-refractivity contribution >= 4 is 5.91 Å². The summed E-state index contributed by atoms with van der Waals surface area (Å²) in [4.78, 5) is 13.4. The number of methoxy groups -OCH3 is 1. The molecule has 1 fully saturated rings. The van der Waals surface area contributed by atoms with Gasteiger partial charge >= 0.3 is 0 Å². The summed E-state index contributed by atoms with van der Waals surface area (Å²) in [5, 5.41) is 0. The molecule has 2 N–H and O–H groups in total. The second-order valence-electron chi connectivity index (χ2n) is 3.56. The van der Waals surface area contributed by atoms with Crippen molar-refractivity contribution in [1.82, 2.24) is 4.90 Å². The number of rotatable bonds is 2. The molecule has 1 unspecified atom stereocenters. The number of likely N-dealkylation sites (tertiary alicyclic amines) is 1. The van der Waals surface area contributed by atoms with Gasteiger partial charge in [0.15, 0.2) is 0 Å². The van der Waals surface area contributed by atoms with Crippen molar-refractivity contribution in [3.05, 3.63) is 0 Å². The van der Waals surface area contributed by atoms with Gasteiger partial charge < -0.3 is 15.4 Å². The van der Waals surface area contributed by atoms with Gasteiger partial charge in [0.05, 0.1) is 0 Å². The van der Waals surface area contributed by atoms with Crippen LogP contribution in [0.2, 0.25) is 0 Å². The van der Waals surface area contributed by atoms with E-state index in [4.69, 9.17) is 10.5 Å². The van der Waals surface area contributed by atoms with Crippen LogP contribution in [0.25, 0.3) is 0 Å². The number of nitrogens with zero attached hydrogens (tertiary/aromatic N) is 1. The van der Waals surface area contributed by atoms with E-state index in [9.17, 15) is 4.79 Å². The minimum atomic E-state index is -0.342. The molecule has 2 atom stereocenters. The Bertz CT molecular complexity index is 184. The van der Waals surface area contributed by atoms with E-state index in [1.807, 2.05) is 0 Å². The highest BCUT2D eigenvalue weighted by molar-refractivity contribution is 5.80. The SMILES string of the molecule is COC(C)C(=O)N1CCC[C@@H](N)C1. The molecule has 0 bridgehead atoms. The van der Waals surface area contributed by atoms with E-state index in [0.717, 1.165) is 19.4 Å². The van der Waals surface area contributed by atoms with Crippen LogP contribution in [0.1, 0.15) is 19.8 Å². The van der Waals surface area contributed by atoms with Crippen molar-refractivity contribution in [2.75, 3.05) is 20.2 Å². The number of carbonyl (C=O) groups is 1. The molecule has 1 rings (SSSR count). The summed E-state index contributed by atoms with van der Waals surface area (Å²) in [6, 6.07) is 0.141. The molecule has 1 aliphatic rings. The maximum atomic E-state index is 11.6. The average Bonchev–Trinajstić information content (AvgIpc) is 2.15. The maximum Gasteiger partial charge on any atom is 0.251 e. The zero-order chi connectivity index (χ0) is 9.84. The molecule has 76 valence electrons. The molecule has 0 aromatic carbocycles. The van der Waals surface area contributed by atoms with Gasteiger partial charge in [-0.1, -0.05) is 0 Å². The number of piperidine rings is 1. The molecule has 0 aliphatic carbocycles. The van der Waals surface area contributed by atoms with Crippen molar-refractivity contribution in [2.24, 2.45) is 5.73 Å². The largest absolute Gasteiger partial charge is 0.372 e. The molecule has 4 heteroatoms. The summed E-state index contributed by atoms with van der Waals surface area (Å²) in [6.07, 6.45) is 1.68. The number of ether oxygens (including phenoxy) is 1. The van der Waals surface area contributed by atoms with Crippen LogP contribution >= 0.6 is 0 Å². The molecule has 0 aromatic rings. The van der Waals surface area contributed by atoms with Crippen LogP contribution in [-0.4, -0.2) is 43.2 Å². The van der Waals surface area contributed by atoms with E-state index >= 15 is 0 Å². The van der Waals surface area contributed by atoms with Gasteiger partial charge in [-0.05, 0) is 19.8 Å². The molecule has 0 saturated carbocycles. The first kappa shape index (κ1) is 10.5. The van der Waals surface area contributed by atoms with Gasteiger partial charge in [0.1, 0.15) is 6.10 Å². The first-order chi connectivity index (χ1) is 6.15. The van der Waals surface area contributed by atoms with Crippen LogP contribution in [0, 0.1) is 0 Å². The highest BCUT2D eigenvalue weighted by Gasteiger charge is 2.24. The highest BCUT2D eigenvalue weighted by Crippen LogP contribution is 2.10. The van der Waals surface area contributed by atoms with Crippen molar-refractivity contribution < 1.29 is 9.53 Å². The Labute approximate surface area is 79.0 Å². The Balaban J connectivity index is 2.46. The smallest absolute Gasteiger partial charge is 0.251 e. The van der Waals surface area contributed by atoms with Crippen LogP contribution in [0.4, 0.5) is 0 Å². The van der Waals surface area contributed by atoms with Gasteiger partial charge in [0.25, 0.3) is 5.91 Å². The summed E-state index contributed by atoms with van der Waals surface area (Å²) in [6.45, 7) is 3.26. The van der Waals surface area contributed by atoms with Gasteiger partial charge in [0, 0.05) is 26.2 Å². The van der Waals surface area contributed by atoms with E-state index < -0.39 is 0 Å². The van der Waals surface area contributed by atoms with Gasteiger partial charge in [0.2, 0.25) is 0 Å². The number of nitrogens with two attached hydrogens (primary N) is 1. The molecule has 1 heterocycles. The van der Waals surface area contributed by atoms with E-state index in [1.165, 1.54) is 0 Å². The minimum absolute atomic E-state index is 0.0534. The monoisotopic (exact) mass is 186 g/mol. The lowest BCUT2D eigenvalue weighted by Crippen LogP contribution is -2.48. The second kappa shape index (κ2) is 4.58. The fourth-order valence-corrected chi connectivity index (χ4v) is 1.57. The molecule has 1 aliphatic heterocycles. The van der Waals surface area contributed by atoms with Crippen molar-refractivity contribution in [1.29, 1.82) is 0 Å². The van der Waals surface area contributed by atoms with Crippen LogP contribution in [0.5, 0.6) is 0 Å². The standard InChI is InChI=1S/C9H18N2O2/c1-7(13-2)9(12)11-5-3-4-8(10)6-11/h7-8H,3-6,10H2,1-2H3/t7?,8-/m1/s1. The van der Waals surface area contributed by atoms with Gasteiger partial charge in [-0.2, -0.15) is 0 Å². The molecule has 0 radical (unpaired) electrons. The highest BCUT2D eigenvalue weighted by atomic mass is 16.5. The molecular weight excluding hydrogens is 168 g/mol. The number of hydrogen-bond donors (Lipinski definition) is 1. The predicted octanol–water partition coefficient (Wildman–Crippen LogP) is -0.0290.